The Kier molecular flexibility index (Phi) is 7.44. The van der Waals surface area contributed by atoms with Gasteiger partial charge in [0.05, 0.1) is 6.61 Å². The average Bonchev–Trinajstić information content (AvgIpc) is 2.05. The van der Waals surface area contributed by atoms with Crippen molar-refractivity contribution in [2.45, 2.75) is 26.7 Å². The maximum absolute atomic E-state index is 10.6. The van der Waals surface area contributed by atoms with Crippen LogP contribution in [-0.2, 0) is 9.47 Å². The first-order valence-electron chi connectivity index (χ1n) is 4.25. The maximum atomic E-state index is 10.6. The number of hydrogen-bond acceptors (Lipinski definition) is 3. The van der Waals surface area contributed by atoms with E-state index in [2.05, 4.69) is 16.4 Å². The van der Waals surface area contributed by atoms with Crippen molar-refractivity contribution < 1.29 is 14.3 Å². The second kappa shape index (κ2) is 8.11. The fourth-order valence-corrected chi connectivity index (χ4v) is 0.628. The molecule has 0 aromatic rings. The van der Waals surface area contributed by atoms with Crippen LogP contribution in [-0.4, -0.2) is 19.4 Å². The Morgan fingerprint density at radius 3 is 2.58 bits per heavy atom. The van der Waals surface area contributed by atoms with Crippen LogP contribution in [0.25, 0.3) is 0 Å². The number of ether oxygens (including phenoxy) is 2. The van der Waals surface area contributed by atoms with Crippen LogP contribution in [0.3, 0.4) is 0 Å². The van der Waals surface area contributed by atoms with Gasteiger partial charge in [-0.15, -0.1) is 0 Å². The van der Waals surface area contributed by atoms with E-state index < -0.39 is 6.16 Å². The molecule has 0 aliphatic heterocycles. The van der Waals surface area contributed by atoms with E-state index in [1.807, 2.05) is 12.2 Å². The van der Waals surface area contributed by atoms with Crippen LogP contribution in [0.2, 0.25) is 0 Å². The molecular formula is C9H16O3. The van der Waals surface area contributed by atoms with E-state index in [1.165, 1.54) is 0 Å². The molecule has 0 unspecified atom stereocenters. The molecule has 3 nitrogen and oxygen atoms in total. The minimum absolute atomic E-state index is 0.304. The average molecular weight is 172 g/mol. The number of carbonyl (C=O) groups excluding carboxylic acids is 1. The molecule has 0 amide bonds. The SMILES string of the molecule is CCC/C=C/COC(=O)OCC. The fraction of sp³-hybridized carbons (Fsp3) is 0.667. The zero-order valence-corrected chi connectivity index (χ0v) is 7.71. The molecule has 70 valence electrons. The summed E-state index contributed by atoms with van der Waals surface area (Å²) in [4.78, 5) is 10.6. The van der Waals surface area contributed by atoms with E-state index in [0.29, 0.717) is 13.2 Å². The molecule has 0 aromatic heterocycles. The highest BCUT2D eigenvalue weighted by molar-refractivity contribution is 5.59. The van der Waals surface area contributed by atoms with Gasteiger partial charge in [0.25, 0.3) is 0 Å². The van der Waals surface area contributed by atoms with Crippen LogP contribution in [0, 0.1) is 0 Å². The van der Waals surface area contributed by atoms with Gasteiger partial charge in [0.2, 0.25) is 0 Å². The summed E-state index contributed by atoms with van der Waals surface area (Å²) in [6.07, 6.45) is 5.33. The number of allylic oxidation sites excluding steroid dienone is 1. The van der Waals surface area contributed by atoms with Gasteiger partial charge in [-0.05, 0) is 13.3 Å². The lowest BCUT2D eigenvalue weighted by molar-refractivity contribution is 0.0673. The van der Waals surface area contributed by atoms with Crippen molar-refractivity contribution in [1.29, 1.82) is 0 Å². The van der Waals surface area contributed by atoms with E-state index in [0.717, 1.165) is 12.8 Å². The summed E-state index contributed by atoms with van der Waals surface area (Å²) in [6, 6.07) is 0. The Morgan fingerprint density at radius 1 is 1.25 bits per heavy atom. The van der Waals surface area contributed by atoms with Gasteiger partial charge in [-0.25, -0.2) is 4.79 Å². The molecule has 0 aliphatic rings. The smallest absolute Gasteiger partial charge is 0.435 e. The van der Waals surface area contributed by atoms with Gasteiger partial charge < -0.3 is 9.47 Å². The predicted octanol–water partition coefficient (Wildman–Crippen LogP) is 2.52. The Bertz CT molecular complexity index is 141. The molecule has 0 saturated carbocycles. The lowest BCUT2D eigenvalue weighted by Gasteiger charge is -1.99. The summed E-state index contributed by atoms with van der Waals surface area (Å²) < 4.78 is 9.23. The third-order valence-electron chi connectivity index (χ3n) is 1.18. The number of carbonyl (C=O) groups is 1. The van der Waals surface area contributed by atoms with Crippen molar-refractivity contribution >= 4 is 6.16 Å². The summed E-state index contributed by atoms with van der Waals surface area (Å²) in [5, 5.41) is 0. The van der Waals surface area contributed by atoms with E-state index in [-0.39, 0.29) is 0 Å². The molecule has 0 bridgehead atoms. The highest BCUT2D eigenvalue weighted by Gasteiger charge is 1.97. The summed E-state index contributed by atoms with van der Waals surface area (Å²) in [7, 11) is 0. The van der Waals surface area contributed by atoms with Crippen LogP contribution in [0.4, 0.5) is 4.79 Å². The number of unbranched alkanes of at least 4 members (excludes halogenated alkanes) is 1. The quantitative estimate of drug-likeness (QED) is 0.472. The van der Waals surface area contributed by atoms with Crippen LogP contribution < -0.4 is 0 Å². The van der Waals surface area contributed by atoms with Crippen LogP contribution in [0.5, 0.6) is 0 Å². The highest BCUT2D eigenvalue weighted by Crippen LogP contribution is 1.90. The second-order valence-electron chi connectivity index (χ2n) is 2.25. The first-order chi connectivity index (χ1) is 5.81. The van der Waals surface area contributed by atoms with Crippen LogP contribution >= 0.6 is 0 Å². The second-order valence-corrected chi connectivity index (χ2v) is 2.25. The van der Waals surface area contributed by atoms with Gasteiger partial charge in [-0.2, -0.15) is 0 Å². The Morgan fingerprint density at radius 2 is 2.00 bits per heavy atom. The molecule has 0 rings (SSSR count). The largest absolute Gasteiger partial charge is 0.508 e. The molecule has 0 atom stereocenters. The zero-order chi connectivity index (χ0) is 9.23. The molecule has 0 aliphatic carbocycles. The molecule has 0 spiro atoms. The van der Waals surface area contributed by atoms with Crippen molar-refractivity contribution in [1.82, 2.24) is 0 Å². The summed E-state index contributed by atoms with van der Waals surface area (Å²) in [5.41, 5.74) is 0. The maximum Gasteiger partial charge on any atom is 0.508 e. The van der Waals surface area contributed by atoms with E-state index in [9.17, 15) is 4.79 Å². The minimum Gasteiger partial charge on any atom is -0.435 e. The molecule has 0 heterocycles. The van der Waals surface area contributed by atoms with Crippen LogP contribution in [0.1, 0.15) is 26.7 Å². The van der Waals surface area contributed by atoms with Crippen molar-refractivity contribution in [3.8, 4) is 0 Å². The third kappa shape index (κ3) is 7.12. The summed E-state index contributed by atoms with van der Waals surface area (Å²) in [6.45, 7) is 4.50. The third-order valence-corrected chi connectivity index (χ3v) is 1.18. The van der Waals surface area contributed by atoms with Gasteiger partial charge in [0.1, 0.15) is 6.61 Å². The highest BCUT2D eigenvalue weighted by atomic mass is 16.7. The van der Waals surface area contributed by atoms with E-state index in [1.54, 1.807) is 6.92 Å². The molecule has 3 heteroatoms. The molecule has 12 heavy (non-hydrogen) atoms. The molecule has 0 N–H and O–H groups in total. The zero-order valence-electron chi connectivity index (χ0n) is 7.71. The topological polar surface area (TPSA) is 35.5 Å². The Balaban J connectivity index is 3.24. The fourth-order valence-electron chi connectivity index (χ4n) is 0.628. The van der Waals surface area contributed by atoms with Gasteiger partial charge in [-0.3, -0.25) is 0 Å². The van der Waals surface area contributed by atoms with Gasteiger partial charge >= 0.3 is 6.16 Å². The lowest BCUT2D eigenvalue weighted by Crippen LogP contribution is -2.06. The first kappa shape index (κ1) is 11.0. The summed E-state index contributed by atoms with van der Waals surface area (Å²) in [5.74, 6) is 0. The van der Waals surface area contributed by atoms with E-state index in [4.69, 9.17) is 0 Å². The Labute approximate surface area is 73.4 Å². The van der Waals surface area contributed by atoms with Crippen molar-refractivity contribution in [3.63, 3.8) is 0 Å². The first-order valence-corrected chi connectivity index (χ1v) is 4.25. The van der Waals surface area contributed by atoms with Gasteiger partial charge in [0.15, 0.2) is 0 Å². The van der Waals surface area contributed by atoms with Crippen LogP contribution in [0.15, 0.2) is 12.2 Å². The standard InChI is InChI=1S/C9H16O3/c1-3-5-6-7-8-12-9(10)11-4-2/h6-7H,3-5,8H2,1-2H3/b7-6+. The molecular weight excluding hydrogens is 156 g/mol. The minimum atomic E-state index is -0.598. The van der Waals surface area contributed by atoms with Gasteiger partial charge in [0, 0.05) is 0 Å². The van der Waals surface area contributed by atoms with E-state index >= 15 is 0 Å². The monoisotopic (exact) mass is 172 g/mol. The number of hydrogen-bond donors (Lipinski definition) is 0. The normalized spacial score (nSPS) is 10.2. The predicted molar refractivity (Wildman–Crippen MR) is 47.0 cm³/mol. The molecule has 0 saturated heterocycles. The van der Waals surface area contributed by atoms with Crippen molar-refractivity contribution in [3.05, 3.63) is 12.2 Å². The van der Waals surface area contributed by atoms with Crippen molar-refractivity contribution in [2.75, 3.05) is 13.2 Å². The van der Waals surface area contributed by atoms with Crippen molar-refractivity contribution in [2.24, 2.45) is 0 Å². The Hall–Kier alpha value is -0.990. The summed E-state index contributed by atoms with van der Waals surface area (Å²) >= 11 is 0. The molecule has 0 aromatic carbocycles. The van der Waals surface area contributed by atoms with Gasteiger partial charge in [-0.1, -0.05) is 25.5 Å². The number of rotatable bonds is 5. The molecule has 0 radical (unpaired) electrons. The lowest BCUT2D eigenvalue weighted by atomic mass is 10.3. The molecule has 0 fully saturated rings.